The highest BCUT2D eigenvalue weighted by atomic mass is 16.6. The van der Waals surface area contributed by atoms with Gasteiger partial charge in [0.2, 0.25) is 0 Å². The second-order valence-corrected chi connectivity index (χ2v) is 4.69. The number of hydrogen-bond acceptors (Lipinski definition) is 5. The Hall–Kier alpha value is -2.31. The van der Waals surface area contributed by atoms with Crippen LogP contribution in [0.5, 0.6) is 0 Å². The van der Waals surface area contributed by atoms with E-state index in [1.165, 1.54) is 12.1 Å². The van der Waals surface area contributed by atoms with E-state index < -0.39 is 4.92 Å². The van der Waals surface area contributed by atoms with Gasteiger partial charge >= 0.3 is 0 Å². The van der Waals surface area contributed by atoms with Crippen LogP contribution in [-0.2, 0) is 0 Å². The van der Waals surface area contributed by atoms with Crippen molar-refractivity contribution >= 4 is 17.2 Å². The summed E-state index contributed by atoms with van der Waals surface area (Å²) in [6.07, 6.45) is 2.00. The van der Waals surface area contributed by atoms with Gasteiger partial charge in [0.1, 0.15) is 0 Å². The van der Waals surface area contributed by atoms with E-state index in [2.05, 4.69) is 19.0 Å². The number of nitrogens with zero attached hydrogens (tertiary/aromatic N) is 3. The number of benzene rings is 1. The average Bonchev–Trinajstić information content (AvgIpc) is 2.45. The van der Waals surface area contributed by atoms with Crippen LogP contribution in [0.2, 0.25) is 0 Å². The lowest BCUT2D eigenvalue weighted by Gasteiger charge is -2.28. The first-order valence-electron chi connectivity index (χ1n) is 6.41. The van der Waals surface area contributed by atoms with Crippen LogP contribution in [0.4, 0.5) is 11.4 Å². The molecular formula is C13H20N4O3. The number of nitro benzene ring substituents is 1. The monoisotopic (exact) mass is 280 g/mol. The van der Waals surface area contributed by atoms with Crippen molar-refractivity contribution in [3.8, 4) is 0 Å². The van der Waals surface area contributed by atoms with E-state index in [1.54, 1.807) is 6.07 Å². The van der Waals surface area contributed by atoms with E-state index >= 15 is 0 Å². The summed E-state index contributed by atoms with van der Waals surface area (Å²) in [5.74, 6) is -0.140. The van der Waals surface area contributed by atoms with Crippen molar-refractivity contribution in [3.05, 3.63) is 33.9 Å². The second kappa shape index (κ2) is 6.74. The molecule has 0 bridgehead atoms. The molecule has 1 rings (SSSR count). The first-order valence-corrected chi connectivity index (χ1v) is 6.41. The zero-order valence-electron chi connectivity index (χ0n) is 11.9. The molecule has 0 aliphatic rings. The molecule has 0 spiro atoms. The van der Waals surface area contributed by atoms with E-state index in [0.29, 0.717) is 11.3 Å². The molecule has 0 heterocycles. The molecule has 0 saturated heterocycles. The van der Waals surface area contributed by atoms with E-state index in [-0.39, 0.29) is 17.6 Å². The van der Waals surface area contributed by atoms with Crippen molar-refractivity contribution in [1.82, 2.24) is 0 Å². The fraction of sp³-hybridized carbons (Fsp3) is 0.462. The van der Waals surface area contributed by atoms with Gasteiger partial charge < -0.3 is 15.8 Å². The maximum absolute atomic E-state index is 10.8. The lowest BCUT2D eigenvalue weighted by molar-refractivity contribution is -0.384. The molecule has 1 atom stereocenters. The summed E-state index contributed by atoms with van der Waals surface area (Å²) in [5, 5.41) is 22.6. The van der Waals surface area contributed by atoms with Gasteiger partial charge in [-0.15, -0.1) is 0 Å². The zero-order valence-corrected chi connectivity index (χ0v) is 11.9. The van der Waals surface area contributed by atoms with Crippen LogP contribution in [0.15, 0.2) is 23.4 Å². The molecule has 0 radical (unpaired) electrons. The number of nitrogens with two attached hydrogens (primary N) is 1. The van der Waals surface area contributed by atoms with Crippen molar-refractivity contribution in [3.63, 3.8) is 0 Å². The van der Waals surface area contributed by atoms with Crippen molar-refractivity contribution in [1.29, 1.82) is 0 Å². The van der Waals surface area contributed by atoms with Gasteiger partial charge in [0.15, 0.2) is 5.84 Å². The minimum Gasteiger partial charge on any atom is -0.409 e. The lowest BCUT2D eigenvalue weighted by atomic mass is 10.1. The summed E-state index contributed by atoms with van der Waals surface area (Å²) < 4.78 is 0. The highest BCUT2D eigenvalue weighted by molar-refractivity contribution is 6.02. The summed E-state index contributed by atoms with van der Waals surface area (Å²) in [7, 11) is 1.88. The molecular weight excluding hydrogens is 260 g/mol. The maximum atomic E-state index is 10.8. The van der Waals surface area contributed by atoms with E-state index in [0.717, 1.165) is 12.8 Å². The van der Waals surface area contributed by atoms with Crippen LogP contribution in [0, 0.1) is 10.1 Å². The number of nitro groups is 1. The molecule has 0 aromatic heterocycles. The normalized spacial score (nSPS) is 13.1. The summed E-state index contributed by atoms with van der Waals surface area (Å²) in [6, 6.07) is 4.60. The van der Waals surface area contributed by atoms with Crippen LogP contribution in [0.3, 0.4) is 0 Å². The highest BCUT2D eigenvalue weighted by Gasteiger charge is 2.19. The molecule has 3 N–H and O–H groups in total. The quantitative estimate of drug-likeness (QED) is 0.273. The SMILES string of the molecule is CCCC(C)N(C)c1ccc([N+](=O)[O-])cc1C(N)=NO. The van der Waals surface area contributed by atoms with Gasteiger partial charge in [0.05, 0.1) is 10.5 Å². The maximum Gasteiger partial charge on any atom is 0.270 e. The number of hydrogen-bond donors (Lipinski definition) is 2. The topological polar surface area (TPSA) is 105 Å². The molecule has 20 heavy (non-hydrogen) atoms. The largest absolute Gasteiger partial charge is 0.409 e. The predicted octanol–water partition coefficient (Wildman–Crippen LogP) is 2.31. The Morgan fingerprint density at radius 3 is 2.75 bits per heavy atom. The third kappa shape index (κ3) is 3.37. The number of non-ortho nitro benzene ring substituents is 1. The van der Waals surface area contributed by atoms with Gasteiger partial charge in [0, 0.05) is 30.9 Å². The molecule has 1 aromatic carbocycles. The standard InChI is InChI=1S/C13H20N4O3/c1-4-5-9(2)16(3)12-7-6-10(17(19)20)8-11(12)13(14)15-18/h6-9,18H,4-5H2,1-3H3,(H2,14,15). The molecule has 0 fully saturated rings. The van der Waals surface area contributed by atoms with Crippen LogP contribution < -0.4 is 10.6 Å². The minimum atomic E-state index is -0.507. The molecule has 7 heteroatoms. The molecule has 7 nitrogen and oxygen atoms in total. The van der Waals surface area contributed by atoms with Gasteiger partial charge in [0.25, 0.3) is 5.69 Å². The first-order chi connectivity index (χ1) is 9.42. The number of amidine groups is 1. The van der Waals surface area contributed by atoms with Crippen LogP contribution in [-0.4, -0.2) is 29.1 Å². The predicted molar refractivity (Wildman–Crippen MR) is 78.4 cm³/mol. The van der Waals surface area contributed by atoms with Gasteiger partial charge in [-0.2, -0.15) is 0 Å². The van der Waals surface area contributed by atoms with Crippen molar-refractivity contribution < 1.29 is 10.1 Å². The average molecular weight is 280 g/mol. The summed E-state index contributed by atoms with van der Waals surface area (Å²) >= 11 is 0. The van der Waals surface area contributed by atoms with Gasteiger partial charge in [-0.1, -0.05) is 18.5 Å². The summed E-state index contributed by atoms with van der Waals surface area (Å²) in [4.78, 5) is 12.3. The molecule has 0 aliphatic carbocycles. The summed E-state index contributed by atoms with van der Waals surface area (Å²) in [6.45, 7) is 4.14. The van der Waals surface area contributed by atoms with Gasteiger partial charge in [-0.3, -0.25) is 10.1 Å². The molecule has 0 amide bonds. The van der Waals surface area contributed by atoms with E-state index in [9.17, 15) is 10.1 Å². The Labute approximate surface area is 117 Å². The van der Waals surface area contributed by atoms with Crippen molar-refractivity contribution in [2.45, 2.75) is 32.7 Å². The lowest BCUT2D eigenvalue weighted by Crippen LogP contribution is -2.31. The third-order valence-corrected chi connectivity index (χ3v) is 3.32. The first kappa shape index (κ1) is 15.7. The van der Waals surface area contributed by atoms with Crippen molar-refractivity contribution in [2.24, 2.45) is 10.9 Å². The summed E-state index contributed by atoms with van der Waals surface area (Å²) in [5.41, 5.74) is 6.59. The highest BCUT2D eigenvalue weighted by Crippen LogP contribution is 2.26. The fourth-order valence-electron chi connectivity index (χ4n) is 2.05. The minimum absolute atomic E-state index is 0.0908. The van der Waals surface area contributed by atoms with Crippen molar-refractivity contribution in [2.75, 3.05) is 11.9 Å². The van der Waals surface area contributed by atoms with Crippen LogP contribution in [0.1, 0.15) is 32.3 Å². The smallest absolute Gasteiger partial charge is 0.270 e. The Kier molecular flexibility index (Phi) is 5.31. The Bertz CT molecular complexity index is 516. The van der Waals surface area contributed by atoms with Crippen LogP contribution in [0.25, 0.3) is 0 Å². The second-order valence-electron chi connectivity index (χ2n) is 4.69. The molecule has 1 aromatic rings. The number of anilines is 1. The number of rotatable bonds is 6. The Morgan fingerprint density at radius 1 is 1.60 bits per heavy atom. The van der Waals surface area contributed by atoms with E-state index in [4.69, 9.17) is 10.9 Å². The van der Waals surface area contributed by atoms with Gasteiger partial charge in [-0.25, -0.2) is 0 Å². The number of oxime groups is 1. The third-order valence-electron chi connectivity index (χ3n) is 3.32. The molecule has 110 valence electrons. The fourth-order valence-corrected chi connectivity index (χ4v) is 2.05. The van der Waals surface area contributed by atoms with Gasteiger partial charge in [-0.05, 0) is 19.4 Å². The Morgan fingerprint density at radius 2 is 2.25 bits per heavy atom. The molecule has 1 unspecified atom stereocenters. The Balaban J connectivity index is 3.28. The zero-order chi connectivity index (χ0) is 15.3. The molecule has 0 saturated carbocycles. The van der Waals surface area contributed by atoms with Crippen LogP contribution >= 0.6 is 0 Å². The molecule has 0 aliphatic heterocycles. The van der Waals surface area contributed by atoms with E-state index in [1.807, 2.05) is 11.9 Å².